The van der Waals surface area contributed by atoms with Crippen molar-refractivity contribution in [2.75, 3.05) is 11.9 Å². The molecule has 3 aromatic rings. The Kier molecular flexibility index (Phi) is 6.78. The number of benzene rings is 2. The van der Waals surface area contributed by atoms with Gasteiger partial charge in [-0.3, -0.25) is 14.2 Å². The summed E-state index contributed by atoms with van der Waals surface area (Å²) in [6, 6.07) is 18.1. The highest BCUT2D eigenvalue weighted by atomic mass is 16.3. The number of carbonyl (C=O) groups is 1. The third-order valence-electron chi connectivity index (χ3n) is 5.93. The van der Waals surface area contributed by atoms with Gasteiger partial charge in [0, 0.05) is 30.4 Å². The van der Waals surface area contributed by atoms with E-state index in [0.29, 0.717) is 24.4 Å². The number of carbonyl (C=O) groups excluding carboxylic acids is 1. The molecule has 32 heavy (non-hydrogen) atoms. The minimum absolute atomic E-state index is 0.0665. The molecule has 0 radical (unpaired) electrons. The predicted octanol–water partition coefficient (Wildman–Crippen LogP) is 2.62. The summed E-state index contributed by atoms with van der Waals surface area (Å²) >= 11 is 0. The molecule has 7 heteroatoms. The smallest absolute Gasteiger partial charge is 0.254 e. The van der Waals surface area contributed by atoms with Gasteiger partial charge in [-0.15, -0.1) is 0 Å². The fraction of sp³-hybridized carbons (Fsp3) is 0.320. The summed E-state index contributed by atoms with van der Waals surface area (Å²) in [5.41, 5.74) is 2.53. The molecule has 1 aromatic heterocycles. The third kappa shape index (κ3) is 4.95. The lowest BCUT2D eigenvalue weighted by molar-refractivity contribution is -0.119. The molecule has 166 valence electrons. The molecule has 7 nitrogen and oxygen atoms in total. The first-order chi connectivity index (χ1) is 15.5. The fourth-order valence-corrected chi connectivity index (χ4v) is 4.09. The molecule has 3 atom stereocenters. The first-order valence-electron chi connectivity index (χ1n) is 11.0. The maximum atomic E-state index is 12.7. The maximum Gasteiger partial charge on any atom is 0.254 e. The number of hydrogen-bond acceptors (Lipinski definition) is 5. The van der Waals surface area contributed by atoms with Crippen LogP contribution in [0.1, 0.15) is 42.4 Å². The minimum Gasteiger partial charge on any atom is -0.387 e. The zero-order chi connectivity index (χ0) is 22.5. The largest absolute Gasteiger partial charge is 0.387 e. The second-order valence-electron chi connectivity index (χ2n) is 8.16. The van der Waals surface area contributed by atoms with Crippen LogP contribution in [0.4, 0.5) is 5.69 Å². The summed E-state index contributed by atoms with van der Waals surface area (Å²) in [6.45, 7) is 2.70. The molecule has 3 N–H and O–H groups in total. The Labute approximate surface area is 187 Å². The molecule has 1 aliphatic heterocycles. The Morgan fingerprint density at radius 3 is 2.66 bits per heavy atom. The summed E-state index contributed by atoms with van der Waals surface area (Å²) in [4.78, 5) is 29.0. The number of nitrogens with zero attached hydrogens (tertiary/aromatic N) is 2. The average Bonchev–Trinajstić information content (AvgIpc) is 3.26. The number of nitrogens with one attached hydrogen (secondary N) is 2. The molecule has 1 unspecified atom stereocenters. The van der Waals surface area contributed by atoms with Crippen LogP contribution in [-0.2, 0) is 17.6 Å². The highest BCUT2D eigenvalue weighted by molar-refractivity contribution is 5.94. The van der Waals surface area contributed by atoms with Crippen LogP contribution in [0.25, 0.3) is 0 Å². The number of aryl methyl sites for hydroxylation is 1. The molecule has 0 spiro atoms. The van der Waals surface area contributed by atoms with E-state index in [2.05, 4.69) is 15.6 Å². The van der Waals surface area contributed by atoms with Crippen molar-refractivity contribution in [1.29, 1.82) is 0 Å². The molecule has 0 aliphatic carbocycles. The molecule has 1 amide bonds. The minimum atomic E-state index is -0.558. The monoisotopic (exact) mass is 432 g/mol. The number of anilines is 1. The Hall–Kier alpha value is -3.29. The van der Waals surface area contributed by atoms with Gasteiger partial charge < -0.3 is 15.7 Å². The van der Waals surface area contributed by atoms with Crippen LogP contribution in [0.2, 0.25) is 0 Å². The number of aliphatic hydroxyl groups excluding tert-OH is 1. The van der Waals surface area contributed by atoms with Crippen LogP contribution in [0.15, 0.2) is 71.7 Å². The van der Waals surface area contributed by atoms with Gasteiger partial charge in [0.2, 0.25) is 5.91 Å². The van der Waals surface area contributed by atoms with E-state index in [1.807, 2.05) is 61.5 Å². The van der Waals surface area contributed by atoms with E-state index in [1.54, 1.807) is 0 Å². The lowest BCUT2D eigenvalue weighted by atomic mass is 10.0. The molecule has 4 rings (SSSR count). The Bertz CT molecular complexity index is 1110. The number of rotatable bonds is 8. The van der Waals surface area contributed by atoms with Crippen LogP contribution in [0.5, 0.6) is 0 Å². The van der Waals surface area contributed by atoms with Crippen molar-refractivity contribution in [3.05, 3.63) is 94.2 Å². The van der Waals surface area contributed by atoms with Crippen LogP contribution >= 0.6 is 0 Å². The number of hydrogen-bond donors (Lipinski definition) is 3. The van der Waals surface area contributed by atoms with Gasteiger partial charge in [0.05, 0.1) is 6.10 Å². The van der Waals surface area contributed by atoms with E-state index in [-0.39, 0.29) is 17.5 Å². The van der Waals surface area contributed by atoms with Crippen molar-refractivity contribution < 1.29 is 9.90 Å². The van der Waals surface area contributed by atoms with Crippen LogP contribution in [-0.4, -0.2) is 33.2 Å². The first kappa shape index (κ1) is 21.9. The zero-order valence-electron chi connectivity index (χ0n) is 18.1. The highest BCUT2D eigenvalue weighted by Crippen LogP contribution is 2.23. The first-order valence-corrected chi connectivity index (χ1v) is 11.0. The van der Waals surface area contributed by atoms with Crippen molar-refractivity contribution in [2.45, 2.75) is 44.4 Å². The molecule has 0 saturated heterocycles. The second-order valence-corrected chi connectivity index (χ2v) is 8.16. The number of amides is 1. The van der Waals surface area contributed by atoms with Crippen LogP contribution in [0, 0.1) is 0 Å². The molecule has 1 aliphatic rings. The molecule has 0 bridgehead atoms. The maximum absolute atomic E-state index is 12.7. The van der Waals surface area contributed by atoms with Gasteiger partial charge in [0.15, 0.2) is 0 Å². The van der Waals surface area contributed by atoms with Gasteiger partial charge in [0.25, 0.3) is 5.56 Å². The van der Waals surface area contributed by atoms with E-state index in [1.165, 1.54) is 16.8 Å². The third-order valence-corrected chi connectivity index (χ3v) is 5.93. The molecular weight excluding hydrogens is 404 g/mol. The Morgan fingerprint density at radius 2 is 1.91 bits per heavy atom. The number of aliphatic hydroxyl groups is 1. The van der Waals surface area contributed by atoms with Gasteiger partial charge in [-0.1, -0.05) is 42.5 Å². The molecule has 2 heterocycles. The molecular formula is C25H28N4O3. The Balaban J connectivity index is 1.28. The zero-order valence-corrected chi connectivity index (χ0v) is 18.1. The van der Waals surface area contributed by atoms with E-state index in [0.717, 1.165) is 24.1 Å². The lowest BCUT2D eigenvalue weighted by Gasteiger charge is -2.20. The molecule has 2 aromatic carbocycles. The van der Waals surface area contributed by atoms with Gasteiger partial charge in [-0.05, 0) is 49.6 Å². The van der Waals surface area contributed by atoms with Crippen molar-refractivity contribution >= 4 is 11.6 Å². The molecule has 0 saturated carbocycles. The quantitative estimate of drug-likeness (QED) is 0.509. The SMILES string of the molecule is CC(NCCc1ccc(NC(=O)[C@@H]2CCc3nccc(=O)n32)cc1)[C@H](O)c1ccccc1. The summed E-state index contributed by atoms with van der Waals surface area (Å²) < 4.78 is 1.49. The predicted molar refractivity (Wildman–Crippen MR) is 123 cm³/mol. The van der Waals surface area contributed by atoms with Crippen molar-refractivity contribution in [1.82, 2.24) is 14.9 Å². The normalized spacial score (nSPS) is 16.9. The van der Waals surface area contributed by atoms with Gasteiger partial charge in [0.1, 0.15) is 11.9 Å². The number of aromatic nitrogens is 2. The summed E-state index contributed by atoms with van der Waals surface area (Å²) in [5.74, 6) is 0.462. The van der Waals surface area contributed by atoms with E-state index >= 15 is 0 Å². The standard InChI is InChI=1S/C25H28N4O3/c1-17(24(31)19-5-3-2-4-6-19)26-15-13-18-7-9-20(10-8-18)28-25(32)21-11-12-22-27-16-14-23(30)29(21)22/h2-10,14,16-17,21,24,26,31H,11-13,15H2,1H3,(H,28,32)/t17?,21-,24-/m0/s1. The highest BCUT2D eigenvalue weighted by Gasteiger charge is 2.29. The second kappa shape index (κ2) is 9.89. The van der Waals surface area contributed by atoms with Crippen LogP contribution in [0.3, 0.4) is 0 Å². The summed E-state index contributed by atoms with van der Waals surface area (Å²) in [5, 5.41) is 16.7. The van der Waals surface area contributed by atoms with E-state index in [4.69, 9.17) is 0 Å². The van der Waals surface area contributed by atoms with Gasteiger partial charge in [-0.25, -0.2) is 4.98 Å². The van der Waals surface area contributed by atoms with Gasteiger partial charge in [-0.2, -0.15) is 0 Å². The van der Waals surface area contributed by atoms with Crippen molar-refractivity contribution in [3.63, 3.8) is 0 Å². The Morgan fingerprint density at radius 1 is 1.16 bits per heavy atom. The molecule has 0 fully saturated rings. The topological polar surface area (TPSA) is 96.3 Å². The van der Waals surface area contributed by atoms with Gasteiger partial charge >= 0.3 is 0 Å². The number of fused-ring (bicyclic) bond motifs is 1. The van der Waals surface area contributed by atoms with Crippen LogP contribution < -0.4 is 16.2 Å². The fourth-order valence-electron chi connectivity index (χ4n) is 4.09. The van der Waals surface area contributed by atoms with Crippen molar-refractivity contribution in [2.24, 2.45) is 0 Å². The summed E-state index contributed by atoms with van der Waals surface area (Å²) in [6.07, 6.45) is 2.94. The summed E-state index contributed by atoms with van der Waals surface area (Å²) in [7, 11) is 0. The lowest BCUT2D eigenvalue weighted by Crippen LogP contribution is -2.33. The average molecular weight is 433 g/mol. The van der Waals surface area contributed by atoms with E-state index in [9.17, 15) is 14.7 Å². The van der Waals surface area contributed by atoms with Crippen molar-refractivity contribution in [3.8, 4) is 0 Å². The van der Waals surface area contributed by atoms with E-state index < -0.39 is 12.1 Å².